The third kappa shape index (κ3) is 3.94. The van der Waals surface area contributed by atoms with E-state index in [4.69, 9.17) is 0 Å². The van der Waals surface area contributed by atoms with Crippen molar-refractivity contribution in [3.63, 3.8) is 0 Å². The molecule has 3 heterocycles. The van der Waals surface area contributed by atoms with Gasteiger partial charge in [0.05, 0.1) is 18.8 Å². The number of nitriles is 1. The van der Waals surface area contributed by atoms with Crippen LogP contribution in [0.2, 0.25) is 0 Å². The van der Waals surface area contributed by atoms with E-state index in [1.165, 1.54) is 59.3 Å². The molecule has 0 radical (unpaired) electrons. The Bertz CT molecular complexity index is 869. The Morgan fingerprint density at radius 1 is 1.30 bits per heavy atom. The number of carbonyl (C=O) groups excluding carboxylic acids is 1. The third-order valence-electron chi connectivity index (χ3n) is 5.07. The molecule has 0 atom stereocenters. The quantitative estimate of drug-likeness (QED) is 0.780. The van der Waals surface area contributed by atoms with E-state index >= 15 is 0 Å². The van der Waals surface area contributed by atoms with Crippen molar-refractivity contribution >= 4 is 40.0 Å². The molecule has 0 spiro atoms. The number of carbonyl (C=O) groups is 1. The highest BCUT2D eigenvalue weighted by atomic mass is 32.2. The van der Waals surface area contributed by atoms with Crippen LogP contribution in [-0.4, -0.2) is 29.7 Å². The lowest BCUT2D eigenvalue weighted by atomic mass is 9.89. The number of nitrogens with one attached hydrogen (secondary N) is 2. The summed E-state index contributed by atoms with van der Waals surface area (Å²) in [7, 11) is 0. The van der Waals surface area contributed by atoms with Gasteiger partial charge in [0.1, 0.15) is 11.6 Å². The van der Waals surface area contributed by atoms with Gasteiger partial charge in [-0.25, -0.2) is 9.97 Å². The van der Waals surface area contributed by atoms with Crippen molar-refractivity contribution in [3.05, 3.63) is 28.3 Å². The Hall–Kier alpha value is -2.11. The van der Waals surface area contributed by atoms with Crippen molar-refractivity contribution in [2.45, 2.75) is 43.6 Å². The summed E-state index contributed by atoms with van der Waals surface area (Å²) in [6, 6.07) is 2.40. The molecule has 0 saturated carbocycles. The SMILES string of the molecule is N#Cc1c(SCC(=O)Nc2nccs2)[nH+]c(N2CCCC2)c2c1CCCC2. The number of aromatic amines is 1. The number of nitrogens with zero attached hydrogens (tertiary/aromatic N) is 3. The van der Waals surface area contributed by atoms with Crippen LogP contribution in [0, 0.1) is 11.3 Å². The Morgan fingerprint density at radius 2 is 2.07 bits per heavy atom. The molecule has 27 heavy (non-hydrogen) atoms. The largest absolute Gasteiger partial charge is 0.301 e. The minimum Gasteiger partial charge on any atom is -0.301 e. The molecule has 1 aliphatic carbocycles. The van der Waals surface area contributed by atoms with Crippen molar-refractivity contribution in [2.75, 3.05) is 29.1 Å². The van der Waals surface area contributed by atoms with Gasteiger partial charge in [-0.2, -0.15) is 5.26 Å². The first kappa shape index (κ1) is 18.3. The minimum absolute atomic E-state index is 0.104. The zero-order valence-electron chi connectivity index (χ0n) is 15.1. The van der Waals surface area contributed by atoms with Crippen LogP contribution in [-0.2, 0) is 17.6 Å². The van der Waals surface area contributed by atoms with Gasteiger partial charge in [-0.05, 0) is 44.1 Å². The molecule has 0 bridgehead atoms. The highest BCUT2D eigenvalue weighted by Crippen LogP contribution is 2.34. The summed E-state index contributed by atoms with van der Waals surface area (Å²) >= 11 is 2.81. The number of thioether (sulfide) groups is 1. The van der Waals surface area contributed by atoms with Gasteiger partial charge in [0.2, 0.25) is 5.91 Å². The van der Waals surface area contributed by atoms with Crippen molar-refractivity contribution in [3.8, 4) is 6.07 Å². The fourth-order valence-corrected chi connectivity index (χ4v) is 5.22. The van der Waals surface area contributed by atoms with Gasteiger partial charge in [-0.1, -0.05) is 11.8 Å². The fourth-order valence-electron chi connectivity index (χ4n) is 3.84. The van der Waals surface area contributed by atoms with Crippen LogP contribution in [0.15, 0.2) is 16.6 Å². The molecule has 0 aromatic carbocycles. The average molecular weight is 401 g/mol. The van der Waals surface area contributed by atoms with E-state index in [9.17, 15) is 10.1 Å². The standard InChI is InChI=1S/C19H21N5OS2/c20-11-15-13-5-1-2-6-14(13)17(24-8-3-4-9-24)23-18(15)27-12-16(25)22-19-21-7-10-26-19/h7,10H,1-6,8-9,12H2,(H,21,22,25)/p+1. The summed E-state index contributed by atoms with van der Waals surface area (Å²) in [4.78, 5) is 22.2. The Labute approximate surface area is 167 Å². The van der Waals surface area contributed by atoms with Gasteiger partial charge in [0.15, 0.2) is 10.2 Å². The van der Waals surface area contributed by atoms with Gasteiger partial charge < -0.3 is 5.32 Å². The summed E-state index contributed by atoms with van der Waals surface area (Å²) in [6.07, 6.45) is 8.37. The van der Waals surface area contributed by atoms with E-state index in [0.29, 0.717) is 5.13 Å². The van der Waals surface area contributed by atoms with Gasteiger partial charge in [0, 0.05) is 17.1 Å². The van der Waals surface area contributed by atoms with Gasteiger partial charge >= 0.3 is 0 Å². The summed E-state index contributed by atoms with van der Waals surface area (Å²) in [6.45, 7) is 2.12. The van der Waals surface area contributed by atoms with E-state index in [0.717, 1.165) is 42.9 Å². The number of fused-ring (bicyclic) bond motifs is 1. The molecule has 2 N–H and O–H groups in total. The lowest BCUT2D eigenvalue weighted by molar-refractivity contribution is -0.414. The number of hydrogen-bond donors (Lipinski definition) is 1. The molecule has 6 nitrogen and oxygen atoms in total. The summed E-state index contributed by atoms with van der Waals surface area (Å²) in [5.41, 5.74) is 3.23. The molecule has 2 aromatic heterocycles. The van der Waals surface area contributed by atoms with Crippen LogP contribution < -0.4 is 15.2 Å². The molecule has 1 amide bonds. The van der Waals surface area contributed by atoms with Crippen molar-refractivity contribution in [1.29, 1.82) is 5.26 Å². The zero-order valence-corrected chi connectivity index (χ0v) is 16.7. The lowest BCUT2D eigenvalue weighted by Crippen LogP contribution is -2.31. The number of aromatic nitrogens is 2. The van der Waals surface area contributed by atoms with Crippen LogP contribution >= 0.6 is 23.1 Å². The summed E-state index contributed by atoms with van der Waals surface area (Å²) in [5.74, 6) is 1.32. The second-order valence-electron chi connectivity index (χ2n) is 6.82. The number of H-pyrrole nitrogens is 1. The van der Waals surface area contributed by atoms with Crippen molar-refractivity contribution in [1.82, 2.24) is 4.98 Å². The van der Waals surface area contributed by atoms with E-state index in [1.807, 2.05) is 5.38 Å². The highest BCUT2D eigenvalue weighted by molar-refractivity contribution is 7.99. The fraction of sp³-hybridized carbons (Fsp3) is 0.474. The number of anilines is 2. The molecule has 1 aliphatic heterocycles. The minimum atomic E-state index is -0.104. The first-order valence-corrected chi connectivity index (χ1v) is 11.2. The summed E-state index contributed by atoms with van der Waals surface area (Å²) < 4.78 is 0. The molecule has 0 unspecified atom stereocenters. The van der Waals surface area contributed by atoms with Crippen LogP contribution in [0.3, 0.4) is 0 Å². The number of amides is 1. The summed E-state index contributed by atoms with van der Waals surface area (Å²) in [5, 5.41) is 15.8. The first-order valence-electron chi connectivity index (χ1n) is 9.34. The third-order valence-corrected chi connectivity index (χ3v) is 6.76. The van der Waals surface area contributed by atoms with Gasteiger partial charge in [-0.3, -0.25) is 9.69 Å². The predicted molar refractivity (Wildman–Crippen MR) is 107 cm³/mol. The van der Waals surface area contributed by atoms with Gasteiger partial charge in [-0.15, -0.1) is 11.3 Å². The van der Waals surface area contributed by atoms with E-state index in [-0.39, 0.29) is 11.7 Å². The second-order valence-corrected chi connectivity index (χ2v) is 8.70. The van der Waals surface area contributed by atoms with E-state index in [2.05, 4.69) is 26.3 Å². The van der Waals surface area contributed by atoms with Crippen molar-refractivity contribution < 1.29 is 9.78 Å². The van der Waals surface area contributed by atoms with E-state index in [1.54, 1.807) is 6.20 Å². The van der Waals surface area contributed by atoms with Crippen LogP contribution in [0.5, 0.6) is 0 Å². The molecule has 2 aliphatic rings. The number of hydrogen-bond acceptors (Lipinski definition) is 6. The molecule has 2 aromatic rings. The highest BCUT2D eigenvalue weighted by Gasteiger charge is 2.31. The Balaban J connectivity index is 1.60. The topological polar surface area (TPSA) is 83.2 Å². The number of rotatable bonds is 5. The maximum absolute atomic E-state index is 12.2. The molecular formula is C19H22N5OS2+. The number of thiazole rings is 1. The molecule has 140 valence electrons. The molecule has 8 heteroatoms. The predicted octanol–water partition coefficient (Wildman–Crippen LogP) is 3.04. The van der Waals surface area contributed by atoms with Crippen LogP contribution in [0.4, 0.5) is 10.9 Å². The normalized spacial score (nSPS) is 16.0. The lowest BCUT2D eigenvalue weighted by Gasteiger charge is -2.22. The number of pyridine rings is 1. The van der Waals surface area contributed by atoms with Crippen LogP contribution in [0.1, 0.15) is 42.4 Å². The molecule has 1 fully saturated rings. The average Bonchev–Trinajstić information content (AvgIpc) is 3.39. The maximum atomic E-state index is 12.2. The second kappa shape index (κ2) is 8.28. The monoisotopic (exact) mass is 400 g/mol. The molecule has 4 rings (SSSR count). The first-order chi connectivity index (χ1) is 13.3. The zero-order chi connectivity index (χ0) is 18.6. The molecule has 1 saturated heterocycles. The van der Waals surface area contributed by atoms with Crippen molar-refractivity contribution in [2.24, 2.45) is 0 Å². The molecular weight excluding hydrogens is 378 g/mol. The smallest absolute Gasteiger partial charge is 0.278 e. The Kier molecular flexibility index (Phi) is 5.60. The van der Waals surface area contributed by atoms with E-state index < -0.39 is 0 Å². The van der Waals surface area contributed by atoms with Crippen LogP contribution in [0.25, 0.3) is 0 Å². The van der Waals surface area contributed by atoms with Gasteiger partial charge in [0.25, 0.3) is 5.82 Å². The maximum Gasteiger partial charge on any atom is 0.278 e. The Morgan fingerprint density at radius 3 is 2.78 bits per heavy atom.